The zero-order valence-electron chi connectivity index (χ0n) is 13.1. The standard InChI is InChI=1S/C19H19N3O/c1-12(23)13-2-4-14(5-3-13)18-7-6-15-8-9-22(19(15)21-18)17-10-16(20)11-17/h2-9,16-17H,10-11,20H2,1H3. The summed E-state index contributed by atoms with van der Waals surface area (Å²) < 4.78 is 2.24. The Balaban J connectivity index is 1.73. The van der Waals surface area contributed by atoms with Gasteiger partial charge in [0.05, 0.1) is 5.69 Å². The number of carbonyl (C=O) groups is 1. The topological polar surface area (TPSA) is 60.9 Å². The molecule has 0 spiro atoms. The number of hydrogen-bond acceptors (Lipinski definition) is 3. The maximum atomic E-state index is 11.4. The molecule has 0 saturated heterocycles. The zero-order chi connectivity index (χ0) is 16.0. The molecule has 0 radical (unpaired) electrons. The molecule has 1 fully saturated rings. The molecule has 2 aromatic heterocycles. The van der Waals surface area contributed by atoms with E-state index in [2.05, 4.69) is 22.9 Å². The van der Waals surface area contributed by atoms with Gasteiger partial charge in [-0.05, 0) is 38.0 Å². The predicted molar refractivity (Wildman–Crippen MR) is 91.4 cm³/mol. The third kappa shape index (κ3) is 2.45. The number of benzene rings is 1. The normalized spacial score (nSPS) is 20.4. The Morgan fingerprint density at radius 1 is 1.13 bits per heavy atom. The Labute approximate surface area is 134 Å². The second-order valence-electron chi connectivity index (χ2n) is 6.35. The molecular formula is C19H19N3O. The van der Waals surface area contributed by atoms with Gasteiger partial charge in [-0.2, -0.15) is 0 Å². The van der Waals surface area contributed by atoms with Crippen LogP contribution in [0.25, 0.3) is 22.3 Å². The van der Waals surface area contributed by atoms with Crippen LogP contribution in [0.2, 0.25) is 0 Å². The molecule has 0 atom stereocenters. The van der Waals surface area contributed by atoms with Crippen LogP contribution in [0, 0.1) is 0 Å². The van der Waals surface area contributed by atoms with E-state index in [9.17, 15) is 4.79 Å². The van der Waals surface area contributed by atoms with E-state index in [-0.39, 0.29) is 5.78 Å². The summed E-state index contributed by atoms with van der Waals surface area (Å²) in [5.41, 5.74) is 9.60. The summed E-state index contributed by atoms with van der Waals surface area (Å²) in [6.45, 7) is 1.58. The van der Waals surface area contributed by atoms with Gasteiger partial charge in [-0.1, -0.05) is 24.3 Å². The van der Waals surface area contributed by atoms with Crippen LogP contribution in [0.1, 0.15) is 36.2 Å². The number of ketones is 1. The number of nitrogens with zero attached hydrogens (tertiary/aromatic N) is 2. The van der Waals surface area contributed by atoms with Gasteiger partial charge < -0.3 is 10.3 Å². The van der Waals surface area contributed by atoms with E-state index in [0.717, 1.165) is 40.7 Å². The molecule has 2 N–H and O–H groups in total. The number of nitrogens with two attached hydrogens (primary N) is 1. The van der Waals surface area contributed by atoms with Crippen molar-refractivity contribution in [2.75, 3.05) is 0 Å². The highest BCUT2D eigenvalue weighted by atomic mass is 16.1. The Hall–Kier alpha value is -2.46. The lowest BCUT2D eigenvalue weighted by atomic mass is 9.87. The summed E-state index contributed by atoms with van der Waals surface area (Å²) in [5.74, 6) is 0.0789. The van der Waals surface area contributed by atoms with E-state index in [1.54, 1.807) is 6.92 Å². The molecule has 1 saturated carbocycles. The highest BCUT2D eigenvalue weighted by molar-refractivity contribution is 5.94. The van der Waals surface area contributed by atoms with E-state index in [4.69, 9.17) is 10.7 Å². The molecule has 1 aliphatic carbocycles. The lowest BCUT2D eigenvalue weighted by molar-refractivity contribution is 0.101. The fourth-order valence-corrected chi connectivity index (χ4v) is 3.22. The number of hydrogen-bond donors (Lipinski definition) is 1. The Kier molecular flexibility index (Phi) is 3.27. The predicted octanol–water partition coefficient (Wildman–Crippen LogP) is 3.57. The van der Waals surface area contributed by atoms with Crippen molar-refractivity contribution in [3.63, 3.8) is 0 Å². The molecule has 2 heterocycles. The smallest absolute Gasteiger partial charge is 0.159 e. The lowest BCUT2D eigenvalue weighted by Crippen LogP contribution is -2.37. The van der Waals surface area contributed by atoms with Crippen LogP contribution >= 0.6 is 0 Å². The Morgan fingerprint density at radius 3 is 2.52 bits per heavy atom. The lowest BCUT2D eigenvalue weighted by Gasteiger charge is -2.33. The van der Waals surface area contributed by atoms with E-state index in [0.29, 0.717) is 12.1 Å². The van der Waals surface area contributed by atoms with Crippen LogP contribution in [-0.4, -0.2) is 21.4 Å². The average Bonchev–Trinajstić information content (AvgIpc) is 2.94. The van der Waals surface area contributed by atoms with Crippen molar-refractivity contribution < 1.29 is 4.79 Å². The van der Waals surface area contributed by atoms with E-state index >= 15 is 0 Å². The van der Waals surface area contributed by atoms with Gasteiger partial charge in [0, 0.05) is 34.8 Å². The number of aromatic nitrogens is 2. The van der Waals surface area contributed by atoms with Crippen LogP contribution in [-0.2, 0) is 0 Å². The van der Waals surface area contributed by atoms with Crippen LogP contribution in [0.5, 0.6) is 0 Å². The molecule has 0 amide bonds. The van der Waals surface area contributed by atoms with Crippen molar-refractivity contribution in [3.8, 4) is 11.3 Å². The summed E-state index contributed by atoms with van der Waals surface area (Å²) in [5, 5.41) is 1.15. The van der Waals surface area contributed by atoms with Crippen LogP contribution in [0.15, 0.2) is 48.7 Å². The van der Waals surface area contributed by atoms with Gasteiger partial charge in [0.15, 0.2) is 5.78 Å². The molecule has 0 unspecified atom stereocenters. The minimum absolute atomic E-state index is 0.0789. The fraction of sp³-hybridized carbons (Fsp3) is 0.263. The molecule has 4 heteroatoms. The van der Waals surface area contributed by atoms with Gasteiger partial charge in [0.2, 0.25) is 0 Å². The van der Waals surface area contributed by atoms with Crippen molar-refractivity contribution in [2.24, 2.45) is 5.73 Å². The number of rotatable bonds is 3. The van der Waals surface area contributed by atoms with E-state index in [1.807, 2.05) is 30.3 Å². The Bertz CT molecular complexity index is 873. The third-order valence-corrected chi connectivity index (χ3v) is 4.69. The summed E-state index contributed by atoms with van der Waals surface area (Å²) in [7, 11) is 0. The van der Waals surface area contributed by atoms with E-state index < -0.39 is 0 Å². The quantitative estimate of drug-likeness (QED) is 0.753. The largest absolute Gasteiger partial charge is 0.329 e. The SMILES string of the molecule is CC(=O)c1ccc(-c2ccc3ccn(C4CC(N)C4)c3n2)cc1. The first-order valence-corrected chi connectivity index (χ1v) is 7.96. The third-order valence-electron chi connectivity index (χ3n) is 4.69. The Morgan fingerprint density at radius 2 is 1.87 bits per heavy atom. The van der Waals surface area contributed by atoms with E-state index in [1.165, 1.54) is 0 Å². The van der Waals surface area contributed by atoms with Crippen molar-refractivity contribution in [3.05, 3.63) is 54.2 Å². The number of carbonyl (C=O) groups excluding carboxylic acids is 1. The number of fused-ring (bicyclic) bond motifs is 1. The van der Waals surface area contributed by atoms with Gasteiger partial charge in [0.25, 0.3) is 0 Å². The molecule has 23 heavy (non-hydrogen) atoms. The second-order valence-corrected chi connectivity index (χ2v) is 6.35. The number of pyridine rings is 1. The first kappa shape index (κ1) is 14.2. The summed E-state index contributed by atoms with van der Waals surface area (Å²) in [6, 6.07) is 14.6. The minimum Gasteiger partial charge on any atom is -0.329 e. The highest BCUT2D eigenvalue weighted by Gasteiger charge is 2.28. The van der Waals surface area contributed by atoms with Crippen LogP contribution in [0.4, 0.5) is 0 Å². The maximum absolute atomic E-state index is 11.4. The first-order valence-electron chi connectivity index (χ1n) is 7.96. The molecule has 0 bridgehead atoms. The van der Waals surface area contributed by atoms with Crippen molar-refractivity contribution in [1.82, 2.24) is 9.55 Å². The van der Waals surface area contributed by atoms with Gasteiger partial charge in [-0.15, -0.1) is 0 Å². The zero-order valence-corrected chi connectivity index (χ0v) is 13.1. The summed E-state index contributed by atoms with van der Waals surface area (Å²) in [4.78, 5) is 16.2. The van der Waals surface area contributed by atoms with Crippen molar-refractivity contribution >= 4 is 16.8 Å². The van der Waals surface area contributed by atoms with Gasteiger partial charge in [-0.3, -0.25) is 4.79 Å². The van der Waals surface area contributed by atoms with Crippen molar-refractivity contribution in [1.29, 1.82) is 0 Å². The molecule has 1 aliphatic rings. The van der Waals surface area contributed by atoms with Gasteiger partial charge in [0.1, 0.15) is 5.65 Å². The number of Topliss-reactive ketones (excluding diaryl/α,β-unsaturated/α-hetero) is 1. The maximum Gasteiger partial charge on any atom is 0.159 e. The molecule has 1 aromatic carbocycles. The fourth-order valence-electron chi connectivity index (χ4n) is 3.22. The highest BCUT2D eigenvalue weighted by Crippen LogP contribution is 2.34. The molecule has 116 valence electrons. The van der Waals surface area contributed by atoms with Crippen LogP contribution < -0.4 is 5.73 Å². The van der Waals surface area contributed by atoms with Gasteiger partial charge >= 0.3 is 0 Å². The summed E-state index contributed by atoms with van der Waals surface area (Å²) in [6.07, 6.45) is 4.14. The second kappa shape index (κ2) is 5.32. The molecule has 0 aliphatic heterocycles. The molecule has 4 nitrogen and oxygen atoms in total. The average molecular weight is 305 g/mol. The monoisotopic (exact) mass is 305 g/mol. The summed E-state index contributed by atoms with van der Waals surface area (Å²) >= 11 is 0. The van der Waals surface area contributed by atoms with Crippen molar-refractivity contribution in [2.45, 2.75) is 31.8 Å². The van der Waals surface area contributed by atoms with Gasteiger partial charge in [-0.25, -0.2) is 4.98 Å². The first-order chi connectivity index (χ1) is 11.1. The minimum atomic E-state index is 0.0789. The van der Waals surface area contributed by atoms with Crippen LogP contribution in [0.3, 0.4) is 0 Å². The molecular weight excluding hydrogens is 286 g/mol. The molecule has 4 rings (SSSR count). The molecule has 3 aromatic rings.